The van der Waals surface area contributed by atoms with Gasteiger partial charge in [0.1, 0.15) is 5.82 Å². The molecule has 1 heterocycles. The Kier molecular flexibility index (Phi) is 4.94. The van der Waals surface area contributed by atoms with Crippen molar-refractivity contribution in [3.8, 4) is 0 Å². The van der Waals surface area contributed by atoms with Crippen LogP contribution in [0.15, 0.2) is 24.3 Å². The number of nitrogens with zero attached hydrogens (tertiary/aromatic N) is 1. The SMILES string of the molecule is O=C(NC1CCN(C(=O)c2ccccc2F)CC1)C1CCCC1. The van der Waals surface area contributed by atoms with Crippen molar-refractivity contribution in [3.05, 3.63) is 35.6 Å². The lowest BCUT2D eigenvalue weighted by Crippen LogP contribution is -2.47. The molecule has 2 amide bonds. The molecule has 1 saturated carbocycles. The van der Waals surface area contributed by atoms with Crippen LogP contribution in [0.5, 0.6) is 0 Å². The third-order valence-corrected chi connectivity index (χ3v) is 4.96. The van der Waals surface area contributed by atoms with Gasteiger partial charge in [0.05, 0.1) is 5.56 Å². The zero-order valence-corrected chi connectivity index (χ0v) is 13.3. The van der Waals surface area contributed by atoms with E-state index in [9.17, 15) is 14.0 Å². The van der Waals surface area contributed by atoms with Gasteiger partial charge in [0.15, 0.2) is 0 Å². The fourth-order valence-corrected chi connectivity index (χ4v) is 3.54. The number of nitrogens with one attached hydrogen (secondary N) is 1. The molecule has 1 aliphatic heterocycles. The first-order chi connectivity index (χ1) is 11.1. The van der Waals surface area contributed by atoms with Crippen molar-refractivity contribution >= 4 is 11.8 Å². The van der Waals surface area contributed by atoms with Crippen LogP contribution >= 0.6 is 0 Å². The van der Waals surface area contributed by atoms with E-state index in [0.717, 1.165) is 38.5 Å². The molecule has 0 unspecified atom stereocenters. The number of rotatable bonds is 3. The monoisotopic (exact) mass is 318 g/mol. The van der Waals surface area contributed by atoms with E-state index in [1.165, 1.54) is 12.1 Å². The molecule has 2 fully saturated rings. The Balaban J connectivity index is 1.51. The highest BCUT2D eigenvalue weighted by Crippen LogP contribution is 2.25. The molecule has 1 saturated heterocycles. The van der Waals surface area contributed by atoms with Gasteiger partial charge >= 0.3 is 0 Å². The molecular formula is C18H23FN2O2. The number of benzene rings is 1. The molecule has 23 heavy (non-hydrogen) atoms. The highest BCUT2D eigenvalue weighted by molar-refractivity contribution is 5.94. The smallest absolute Gasteiger partial charge is 0.256 e. The van der Waals surface area contributed by atoms with Crippen molar-refractivity contribution in [2.75, 3.05) is 13.1 Å². The van der Waals surface area contributed by atoms with Crippen molar-refractivity contribution in [2.45, 2.75) is 44.6 Å². The van der Waals surface area contributed by atoms with Crippen molar-refractivity contribution in [3.63, 3.8) is 0 Å². The number of amides is 2. The summed E-state index contributed by atoms with van der Waals surface area (Å²) in [7, 11) is 0. The second-order valence-corrected chi connectivity index (χ2v) is 6.54. The quantitative estimate of drug-likeness (QED) is 0.931. The van der Waals surface area contributed by atoms with E-state index in [1.54, 1.807) is 17.0 Å². The van der Waals surface area contributed by atoms with Crippen molar-refractivity contribution < 1.29 is 14.0 Å². The maximum absolute atomic E-state index is 13.7. The molecule has 4 nitrogen and oxygen atoms in total. The highest BCUT2D eigenvalue weighted by Gasteiger charge is 2.28. The van der Waals surface area contributed by atoms with Crippen LogP contribution in [0.25, 0.3) is 0 Å². The Morgan fingerprint density at radius 2 is 1.70 bits per heavy atom. The molecular weight excluding hydrogens is 295 g/mol. The Labute approximate surface area is 136 Å². The molecule has 0 atom stereocenters. The predicted octanol–water partition coefficient (Wildman–Crippen LogP) is 2.74. The van der Waals surface area contributed by atoms with Crippen molar-refractivity contribution in [2.24, 2.45) is 5.92 Å². The first kappa shape index (κ1) is 16.0. The van der Waals surface area contributed by atoms with E-state index in [2.05, 4.69) is 5.32 Å². The largest absolute Gasteiger partial charge is 0.353 e. The van der Waals surface area contributed by atoms with Crippen LogP contribution in [0.1, 0.15) is 48.9 Å². The molecule has 3 rings (SSSR count). The number of piperidine rings is 1. The number of halogens is 1. The van der Waals surface area contributed by atoms with Gasteiger partial charge < -0.3 is 10.2 Å². The minimum absolute atomic E-state index is 0.126. The zero-order valence-electron chi connectivity index (χ0n) is 13.3. The Hall–Kier alpha value is -1.91. The number of carbonyl (C=O) groups is 2. The van der Waals surface area contributed by atoms with Crippen LogP contribution in [-0.4, -0.2) is 35.8 Å². The molecule has 0 radical (unpaired) electrons. The Morgan fingerprint density at radius 3 is 2.35 bits per heavy atom. The first-order valence-electron chi connectivity index (χ1n) is 8.49. The number of hydrogen-bond donors (Lipinski definition) is 1. The topological polar surface area (TPSA) is 49.4 Å². The number of likely N-dealkylation sites (tertiary alicyclic amines) is 1. The molecule has 124 valence electrons. The second kappa shape index (κ2) is 7.11. The fraction of sp³-hybridized carbons (Fsp3) is 0.556. The first-order valence-corrected chi connectivity index (χ1v) is 8.49. The normalized spacial score (nSPS) is 19.8. The molecule has 5 heteroatoms. The highest BCUT2D eigenvalue weighted by atomic mass is 19.1. The summed E-state index contributed by atoms with van der Waals surface area (Å²) in [5.41, 5.74) is 0.126. The third-order valence-electron chi connectivity index (χ3n) is 4.96. The summed E-state index contributed by atoms with van der Waals surface area (Å²) in [6, 6.07) is 6.21. The summed E-state index contributed by atoms with van der Waals surface area (Å²) in [5, 5.41) is 3.12. The summed E-state index contributed by atoms with van der Waals surface area (Å²) in [4.78, 5) is 26.2. The maximum Gasteiger partial charge on any atom is 0.256 e. The lowest BCUT2D eigenvalue weighted by Gasteiger charge is -2.33. The van der Waals surface area contributed by atoms with Crippen LogP contribution in [0.3, 0.4) is 0 Å². The van der Waals surface area contributed by atoms with Gasteiger partial charge in [-0.2, -0.15) is 0 Å². The van der Waals surface area contributed by atoms with Crippen LogP contribution < -0.4 is 5.32 Å². The van der Waals surface area contributed by atoms with Gasteiger partial charge in [-0.05, 0) is 37.8 Å². The second-order valence-electron chi connectivity index (χ2n) is 6.54. The molecule has 1 aromatic rings. The van der Waals surface area contributed by atoms with E-state index >= 15 is 0 Å². The van der Waals surface area contributed by atoms with Crippen molar-refractivity contribution in [1.82, 2.24) is 10.2 Å². The maximum atomic E-state index is 13.7. The average molecular weight is 318 g/mol. The predicted molar refractivity (Wildman–Crippen MR) is 85.4 cm³/mol. The van der Waals surface area contributed by atoms with E-state index < -0.39 is 5.82 Å². The minimum atomic E-state index is -0.478. The molecule has 1 aromatic carbocycles. The average Bonchev–Trinajstić information content (AvgIpc) is 3.10. The fourth-order valence-electron chi connectivity index (χ4n) is 3.54. The van der Waals surface area contributed by atoms with E-state index in [0.29, 0.717) is 13.1 Å². The summed E-state index contributed by atoms with van der Waals surface area (Å²) in [6.45, 7) is 1.12. The molecule has 1 aliphatic carbocycles. The molecule has 2 aliphatic rings. The van der Waals surface area contributed by atoms with Gasteiger partial charge in [-0.25, -0.2) is 4.39 Å². The van der Waals surface area contributed by atoms with Crippen molar-refractivity contribution in [1.29, 1.82) is 0 Å². The van der Waals surface area contributed by atoms with Crippen LogP contribution in [0, 0.1) is 11.7 Å². The van der Waals surface area contributed by atoms with E-state index in [-0.39, 0.29) is 29.3 Å². The van der Waals surface area contributed by atoms with Gasteiger partial charge in [-0.3, -0.25) is 9.59 Å². The molecule has 0 bridgehead atoms. The standard InChI is InChI=1S/C18H23FN2O2/c19-16-8-4-3-7-15(16)18(23)21-11-9-14(10-12-21)20-17(22)13-5-1-2-6-13/h3-4,7-8,13-14H,1-2,5-6,9-12H2,(H,20,22). The van der Waals surface area contributed by atoms with Crippen LogP contribution in [0.4, 0.5) is 4.39 Å². The number of hydrogen-bond acceptors (Lipinski definition) is 2. The molecule has 1 N–H and O–H groups in total. The third kappa shape index (κ3) is 3.71. The van der Waals surface area contributed by atoms with Gasteiger partial charge in [0, 0.05) is 25.0 Å². The van der Waals surface area contributed by atoms with Gasteiger partial charge in [0.2, 0.25) is 5.91 Å². The minimum Gasteiger partial charge on any atom is -0.353 e. The molecule has 0 spiro atoms. The van der Waals surface area contributed by atoms with E-state index in [1.807, 2.05) is 0 Å². The summed E-state index contributed by atoms with van der Waals surface area (Å²) in [5.74, 6) is -0.396. The number of carbonyl (C=O) groups excluding carboxylic acids is 2. The zero-order chi connectivity index (χ0) is 16.2. The Bertz CT molecular complexity index is 576. The lowest BCUT2D eigenvalue weighted by molar-refractivity contribution is -0.125. The van der Waals surface area contributed by atoms with Crippen LogP contribution in [0.2, 0.25) is 0 Å². The van der Waals surface area contributed by atoms with E-state index in [4.69, 9.17) is 0 Å². The van der Waals surface area contributed by atoms with Gasteiger partial charge in [-0.1, -0.05) is 25.0 Å². The molecule has 0 aromatic heterocycles. The van der Waals surface area contributed by atoms with Gasteiger partial charge in [-0.15, -0.1) is 0 Å². The summed E-state index contributed by atoms with van der Waals surface area (Å²) >= 11 is 0. The Morgan fingerprint density at radius 1 is 1.04 bits per heavy atom. The van der Waals surface area contributed by atoms with Gasteiger partial charge in [0.25, 0.3) is 5.91 Å². The summed E-state index contributed by atoms with van der Waals surface area (Å²) < 4.78 is 13.7. The van der Waals surface area contributed by atoms with Crippen LogP contribution in [-0.2, 0) is 4.79 Å². The summed E-state index contributed by atoms with van der Waals surface area (Å²) in [6.07, 6.45) is 5.76. The lowest BCUT2D eigenvalue weighted by atomic mass is 10.0.